The zero-order chi connectivity index (χ0) is 18.7. The number of carbonyl (C=O) groups excluding carboxylic acids is 1. The Morgan fingerprint density at radius 2 is 1.31 bits per heavy atom. The molecule has 0 spiro atoms. The van der Waals surface area contributed by atoms with E-state index in [1.54, 1.807) is 0 Å². The highest BCUT2D eigenvalue weighted by atomic mass is 19.2. The van der Waals surface area contributed by atoms with Crippen LogP contribution in [0.15, 0.2) is 54.7 Å². The standard InChI is InChI=1S/C18H11F4N3O/c19-13-4-1-10(7-15(13)21)24-12-3-6-17(23-9-12)18(26)25-11-2-5-14(20)16(22)8-11/h1-9,24H,(H,25,26). The van der Waals surface area contributed by atoms with Crippen molar-refractivity contribution in [3.63, 3.8) is 0 Å². The second-order valence-corrected chi connectivity index (χ2v) is 5.27. The van der Waals surface area contributed by atoms with Crippen molar-refractivity contribution in [3.8, 4) is 0 Å². The first-order chi connectivity index (χ1) is 12.4. The molecule has 0 bridgehead atoms. The molecule has 0 aliphatic heterocycles. The van der Waals surface area contributed by atoms with Crippen LogP contribution in [-0.2, 0) is 0 Å². The summed E-state index contributed by atoms with van der Waals surface area (Å²) in [6, 6.07) is 9.18. The van der Waals surface area contributed by atoms with Gasteiger partial charge in [-0.1, -0.05) is 0 Å². The number of benzene rings is 2. The topological polar surface area (TPSA) is 54.0 Å². The summed E-state index contributed by atoms with van der Waals surface area (Å²) >= 11 is 0. The largest absolute Gasteiger partial charge is 0.354 e. The zero-order valence-corrected chi connectivity index (χ0v) is 13.1. The Labute approximate surface area is 145 Å². The van der Waals surface area contributed by atoms with Crippen LogP contribution in [0.1, 0.15) is 10.5 Å². The Hall–Kier alpha value is -3.42. The van der Waals surface area contributed by atoms with Gasteiger partial charge in [0.2, 0.25) is 0 Å². The number of pyridine rings is 1. The Morgan fingerprint density at radius 1 is 0.731 bits per heavy atom. The molecular weight excluding hydrogens is 350 g/mol. The fraction of sp³-hybridized carbons (Fsp3) is 0. The minimum absolute atomic E-state index is 0.0329. The molecule has 1 heterocycles. The van der Waals surface area contributed by atoms with Crippen molar-refractivity contribution in [3.05, 3.63) is 83.7 Å². The van der Waals surface area contributed by atoms with Gasteiger partial charge in [0.05, 0.1) is 11.9 Å². The molecule has 0 unspecified atom stereocenters. The molecule has 4 nitrogen and oxygen atoms in total. The van der Waals surface area contributed by atoms with Crippen LogP contribution < -0.4 is 10.6 Å². The lowest BCUT2D eigenvalue weighted by molar-refractivity contribution is 0.102. The summed E-state index contributed by atoms with van der Waals surface area (Å²) < 4.78 is 52.1. The molecule has 0 aliphatic carbocycles. The van der Waals surface area contributed by atoms with Gasteiger partial charge < -0.3 is 10.6 Å². The van der Waals surface area contributed by atoms with Crippen LogP contribution in [0.4, 0.5) is 34.6 Å². The number of halogens is 4. The first-order valence-electron chi connectivity index (χ1n) is 7.37. The predicted molar refractivity (Wildman–Crippen MR) is 88.2 cm³/mol. The van der Waals surface area contributed by atoms with Crippen LogP contribution >= 0.6 is 0 Å². The third-order valence-corrected chi connectivity index (χ3v) is 3.38. The second-order valence-electron chi connectivity index (χ2n) is 5.27. The van der Waals surface area contributed by atoms with Crippen molar-refractivity contribution in [2.45, 2.75) is 0 Å². The highest BCUT2D eigenvalue weighted by Crippen LogP contribution is 2.19. The van der Waals surface area contributed by atoms with Gasteiger partial charge in [-0.25, -0.2) is 22.5 Å². The quantitative estimate of drug-likeness (QED) is 0.666. The van der Waals surface area contributed by atoms with Crippen molar-refractivity contribution in [2.24, 2.45) is 0 Å². The maximum absolute atomic E-state index is 13.2. The minimum atomic E-state index is -1.08. The molecule has 132 valence electrons. The summed E-state index contributed by atoms with van der Waals surface area (Å²) in [5, 5.41) is 5.20. The summed E-state index contributed by atoms with van der Waals surface area (Å²) in [6.07, 6.45) is 1.32. The second kappa shape index (κ2) is 7.22. The van der Waals surface area contributed by atoms with E-state index in [-0.39, 0.29) is 11.4 Å². The van der Waals surface area contributed by atoms with Crippen LogP contribution in [0, 0.1) is 23.3 Å². The third kappa shape index (κ3) is 3.97. The minimum Gasteiger partial charge on any atom is -0.354 e. The normalized spacial score (nSPS) is 10.5. The van der Waals surface area contributed by atoms with Gasteiger partial charge in [0, 0.05) is 23.5 Å². The van der Waals surface area contributed by atoms with Crippen LogP contribution in [0.5, 0.6) is 0 Å². The molecule has 0 radical (unpaired) electrons. The van der Waals surface area contributed by atoms with E-state index in [9.17, 15) is 22.4 Å². The lowest BCUT2D eigenvalue weighted by Gasteiger charge is -2.08. The lowest BCUT2D eigenvalue weighted by atomic mass is 10.2. The van der Waals surface area contributed by atoms with E-state index in [1.165, 1.54) is 30.5 Å². The maximum atomic E-state index is 13.2. The van der Waals surface area contributed by atoms with E-state index in [4.69, 9.17) is 0 Å². The number of anilines is 3. The molecule has 0 atom stereocenters. The number of rotatable bonds is 4. The summed E-state index contributed by atoms with van der Waals surface area (Å²) in [5.41, 5.74) is 0.871. The molecule has 2 N–H and O–H groups in total. The van der Waals surface area contributed by atoms with Gasteiger partial charge in [-0.05, 0) is 36.4 Å². The molecule has 0 fully saturated rings. The monoisotopic (exact) mass is 361 g/mol. The van der Waals surface area contributed by atoms with Gasteiger partial charge in [-0.2, -0.15) is 0 Å². The van der Waals surface area contributed by atoms with Crippen molar-refractivity contribution < 1.29 is 22.4 Å². The Balaban J connectivity index is 1.69. The predicted octanol–water partition coefficient (Wildman–Crippen LogP) is 4.63. The SMILES string of the molecule is O=C(Nc1ccc(F)c(F)c1)c1ccc(Nc2ccc(F)c(F)c2)cn1. The molecule has 0 saturated carbocycles. The molecular formula is C18H11F4N3O. The number of hydrogen-bond acceptors (Lipinski definition) is 3. The average Bonchev–Trinajstić information content (AvgIpc) is 2.62. The summed E-state index contributed by atoms with van der Waals surface area (Å²) in [4.78, 5) is 16.0. The summed E-state index contributed by atoms with van der Waals surface area (Å²) in [6.45, 7) is 0. The molecule has 0 aliphatic rings. The fourth-order valence-electron chi connectivity index (χ4n) is 2.11. The van der Waals surface area contributed by atoms with Gasteiger partial charge in [0.15, 0.2) is 23.3 Å². The van der Waals surface area contributed by atoms with E-state index in [1.807, 2.05) is 0 Å². The van der Waals surface area contributed by atoms with Gasteiger partial charge in [0.25, 0.3) is 5.91 Å². The Morgan fingerprint density at radius 3 is 1.88 bits per heavy atom. The van der Waals surface area contributed by atoms with Crippen molar-refractivity contribution in [1.29, 1.82) is 0 Å². The van der Waals surface area contributed by atoms with Crippen molar-refractivity contribution in [1.82, 2.24) is 4.98 Å². The smallest absolute Gasteiger partial charge is 0.274 e. The first-order valence-corrected chi connectivity index (χ1v) is 7.37. The third-order valence-electron chi connectivity index (χ3n) is 3.38. The van der Waals surface area contributed by atoms with Gasteiger partial charge >= 0.3 is 0 Å². The van der Waals surface area contributed by atoms with Gasteiger partial charge in [-0.3, -0.25) is 4.79 Å². The number of aromatic nitrogens is 1. The van der Waals surface area contributed by atoms with Gasteiger partial charge in [-0.15, -0.1) is 0 Å². The van der Waals surface area contributed by atoms with Crippen LogP contribution in [-0.4, -0.2) is 10.9 Å². The Bertz CT molecular complexity index is 961. The lowest BCUT2D eigenvalue weighted by Crippen LogP contribution is -2.13. The van der Waals surface area contributed by atoms with E-state index in [0.29, 0.717) is 11.4 Å². The molecule has 1 aromatic heterocycles. The number of nitrogens with one attached hydrogen (secondary N) is 2. The van der Waals surface area contributed by atoms with Gasteiger partial charge in [0.1, 0.15) is 5.69 Å². The number of hydrogen-bond donors (Lipinski definition) is 2. The maximum Gasteiger partial charge on any atom is 0.274 e. The highest BCUT2D eigenvalue weighted by molar-refractivity contribution is 6.02. The molecule has 2 aromatic carbocycles. The fourth-order valence-corrected chi connectivity index (χ4v) is 2.11. The van der Waals surface area contributed by atoms with Crippen LogP contribution in [0.2, 0.25) is 0 Å². The number of carbonyl (C=O) groups is 1. The molecule has 8 heteroatoms. The van der Waals surface area contributed by atoms with E-state index in [0.717, 1.165) is 24.3 Å². The van der Waals surface area contributed by atoms with Crippen LogP contribution in [0.25, 0.3) is 0 Å². The Kier molecular flexibility index (Phi) is 4.83. The van der Waals surface area contributed by atoms with E-state index in [2.05, 4.69) is 15.6 Å². The first kappa shape index (κ1) is 17.4. The zero-order valence-electron chi connectivity index (χ0n) is 13.1. The number of amides is 1. The van der Waals surface area contributed by atoms with Crippen molar-refractivity contribution in [2.75, 3.05) is 10.6 Å². The summed E-state index contributed by atoms with van der Waals surface area (Å²) in [5.74, 6) is -4.67. The van der Waals surface area contributed by atoms with Crippen molar-refractivity contribution >= 4 is 23.0 Å². The summed E-state index contributed by atoms with van der Waals surface area (Å²) in [7, 11) is 0. The number of nitrogens with zero attached hydrogens (tertiary/aromatic N) is 1. The molecule has 0 saturated heterocycles. The molecule has 26 heavy (non-hydrogen) atoms. The van der Waals surface area contributed by atoms with Crippen LogP contribution in [0.3, 0.4) is 0 Å². The van der Waals surface area contributed by atoms with E-state index < -0.39 is 29.2 Å². The highest BCUT2D eigenvalue weighted by Gasteiger charge is 2.10. The molecule has 1 amide bonds. The molecule has 3 aromatic rings. The average molecular weight is 361 g/mol. The molecule has 3 rings (SSSR count). The van der Waals surface area contributed by atoms with E-state index >= 15 is 0 Å².